The minimum Gasteiger partial charge on any atom is -0.480 e. The molecule has 110 valence electrons. The number of carboxylic acids is 1. The Labute approximate surface area is 121 Å². The van der Waals surface area contributed by atoms with Crippen molar-refractivity contribution in [1.82, 2.24) is 5.32 Å². The Morgan fingerprint density at radius 2 is 2.05 bits per heavy atom. The molecular formula is C13H18N2O4S. The fraction of sp³-hybridized carbons (Fsp3) is 0.385. The molecule has 20 heavy (non-hydrogen) atoms. The van der Waals surface area contributed by atoms with E-state index in [1.807, 2.05) is 30.3 Å². The first-order valence-corrected chi connectivity index (χ1v) is 7.25. The maximum atomic E-state index is 11.4. The molecule has 0 fully saturated rings. The molecule has 0 saturated heterocycles. The molecule has 1 atom stereocenters. The highest BCUT2D eigenvalue weighted by Gasteiger charge is 2.10. The van der Waals surface area contributed by atoms with Gasteiger partial charge in [-0.1, -0.05) is 30.3 Å². The Kier molecular flexibility index (Phi) is 7.52. The SMILES string of the molecule is N[C@@H](CSCCNC(=O)OCc1ccccc1)C(=O)O. The maximum Gasteiger partial charge on any atom is 0.407 e. The van der Waals surface area contributed by atoms with Crippen LogP contribution in [0.15, 0.2) is 30.3 Å². The Bertz CT molecular complexity index is 428. The number of nitrogens with one attached hydrogen (secondary N) is 1. The second-order valence-electron chi connectivity index (χ2n) is 4.01. The molecule has 0 bridgehead atoms. The number of carbonyl (C=O) groups is 2. The monoisotopic (exact) mass is 298 g/mol. The van der Waals surface area contributed by atoms with Crippen LogP contribution in [0.2, 0.25) is 0 Å². The van der Waals surface area contributed by atoms with Crippen molar-refractivity contribution in [2.75, 3.05) is 18.1 Å². The fourth-order valence-corrected chi connectivity index (χ4v) is 2.09. The summed E-state index contributed by atoms with van der Waals surface area (Å²) in [7, 11) is 0. The van der Waals surface area contributed by atoms with Gasteiger partial charge in [-0.3, -0.25) is 4.79 Å². The summed E-state index contributed by atoms with van der Waals surface area (Å²) in [5.41, 5.74) is 6.26. The third kappa shape index (κ3) is 7.01. The molecule has 0 radical (unpaired) electrons. The summed E-state index contributed by atoms with van der Waals surface area (Å²) < 4.78 is 5.02. The van der Waals surface area contributed by atoms with Gasteiger partial charge in [-0.2, -0.15) is 11.8 Å². The summed E-state index contributed by atoms with van der Waals surface area (Å²) in [6.07, 6.45) is -0.489. The van der Waals surface area contributed by atoms with Gasteiger partial charge in [-0.15, -0.1) is 0 Å². The number of rotatable bonds is 8. The summed E-state index contributed by atoms with van der Waals surface area (Å²) in [5.74, 6) is -0.120. The van der Waals surface area contributed by atoms with Crippen molar-refractivity contribution < 1.29 is 19.4 Å². The molecule has 0 heterocycles. The number of hydrogen-bond acceptors (Lipinski definition) is 5. The first-order chi connectivity index (χ1) is 9.59. The molecule has 0 aliphatic heterocycles. The molecule has 0 aliphatic rings. The molecule has 6 nitrogen and oxygen atoms in total. The van der Waals surface area contributed by atoms with E-state index in [2.05, 4.69) is 5.32 Å². The number of carbonyl (C=O) groups excluding carboxylic acids is 1. The van der Waals surface area contributed by atoms with Crippen LogP contribution in [-0.2, 0) is 16.1 Å². The predicted octanol–water partition coefficient (Wildman–Crippen LogP) is 1.06. The van der Waals surface area contributed by atoms with Crippen molar-refractivity contribution in [2.45, 2.75) is 12.6 Å². The van der Waals surface area contributed by atoms with Crippen LogP contribution >= 0.6 is 11.8 Å². The lowest BCUT2D eigenvalue weighted by atomic mass is 10.2. The van der Waals surface area contributed by atoms with Crippen molar-refractivity contribution in [2.24, 2.45) is 5.73 Å². The number of nitrogens with two attached hydrogens (primary N) is 1. The lowest BCUT2D eigenvalue weighted by Gasteiger charge is -2.08. The molecule has 0 unspecified atom stereocenters. The van der Waals surface area contributed by atoms with Gasteiger partial charge in [-0.05, 0) is 5.56 Å². The normalized spacial score (nSPS) is 11.7. The minimum absolute atomic E-state index is 0.226. The third-order valence-electron chi connectivity index (χ3n) is 2.34. The van der Waals surface area contributed by atoms with Gasteiger partial charge in [0.2, 0.25) is 0 Å². The number of aliphatic carboxylic acids is 1. The first kappa shape index (κ1) is 16.3. The average molecular weight is 298 g/mol. The molecule has 1 aromatic rings. The minimum atomic E-state index is -1.02. The Morgan fingerprint density at radius 3 is 2.70 bits per heavy atom. The van der Waals surface area contributed by atoms with Crippen LogP contribution in [0.25, 0.3) is 0 Å². The van der Waals surface area contributed by atoms with Crippen LogP contribution in [-0.4, -0.2) is 41.3 Å². The van der Waals surface area contributed by atoms with E-state index in [9.17, 15) is 9.59 Å². The average Bonchev–Trinajstić information content (AvgIpc) is 2.45. The van der Waals surface area contributed by atoms with Gasteiger partial charge >= 0.3 is 12.1 Å². The van der Waals surface area contributed by atoms with Gasteiger partial charge < -0.3 is 20.9 Å². The lowest BCUT2D eigenvalue weighted by Crippen LogP contribution is -2.33. The summed E-state index contributed by atoms with van der Waals surface area (Å²) in [5, 5.41) is 11.2. The summed E-state index contributed by atoms with van der Waals surface area (Å²) in [4.78, 5) is 21.8. The lowest BCUT2D eigenvalue weighted by molar-refractivity contribution is -0.137. The van der Waals surface area contributed by atoms with E-state index in [1.165, 1.54) is 11.8 Å². The molecule has 0 spiro atoms. The zero-order valence-corrected chi connectivity index (χ0v) is 11.8. The highest BCUT2D eigenvalue weighted by atomic mass is 32.2. The summed E-state index contributed by atoms with van der Waals surface area (Å²) in [6, 6.07) is 8.51. The Hall–Kier alpha value is -1.73. The van der Waals surface area contributed by atoms with E-state index in [0.29, 0.717) is 18.1 Å². The second kappa shape index (κ2) is 9.22. The van der Waals surface area contributed by atoms with Crippen LogP contribution < -0.4 is 11.1 Å². The van der Waals surface area contributed by atoms with Crippen LogP contribution in [0.3, 0.4) is 0 Å². The van der Waals surface area contributed by atoms with Gasteiger partial charge in [0.05, 0.1) is 0 Å². The highest BCUT2D eigenvalue weighted by molar-refractivity contribution is 7.99. The van der Waals surface area contributed by atoms with Gasteiger partial charge in [0.25, 0.3) is 0 Å². The predicted molar refractivity (Wildman–Crippen MR) is 77.6 cm³/mol. The second-order valence-corrected chi connectivity index (χ2v) is 5.16. The van der Waals surface area contributed by atoms with Gasteiger partial charge in [0.1, 0.15) is 12.6 Å². The number of amides is 1. The topological polar surface area (TPSA) is 102 Å². The van der Waals surface area contributed by atoms with Crippen LogP contribution in [0.1, 0.15) is 5.56 Å². The van der Waals surface area contributed by atoms with Gasteiger partial charge in [-0.25, -0.2) is 4.79 Å². The zero-order valence-electron chi connectivity index (χ0n) is 11.0. The number of alkyl carbamates (subject to hydrolysis) is 1. The van der Waals surface area contributed by atoms with E-state index < -0.39 is 18.1 Å². The molecule has 1 aromatic carbocycles. The molecular weight excluding hydrogens is 280 g/mol. The summed E-state index contributed by atoms with van der Waals surface area (Å²) in [6.45, 7) is 0.633. The van der Waals surface area contributed by atoms with Crippen molar-refractivity contribution in [3.63, 3.8) is 0 Å². The van der Waals surface area contributed by atoms with Crippen molar-refractivity contribution in [3.8, 4) is 0 Å². The fourth-order valence-electron chi connectivity index (χ4n) is 1.28. The largest absolute Gasteiger partial charge is 0.480 e. The van der Waals surface area contributed by atoms with Crippen molar-refractivity contribution >= 4 is 23.8 Å². The maximum absolute atomic E-state index is 11.4. The number of hydrogen-bond donors (Lipinski definition) is 3. The quantitative estimate of drug-likeness (QED) is 0.620. The first-order valence-electron chi connectivity index (χ1n) is 6.10. The van der Waals surface area contributed by atoms with Gasteiger partial charge in [0, 0.05) is 18.1 Å². The van der Waals surface area contributed by atoms with Crippen molar-refractivity contribution in [3.05, 3.63) is 35.9 Å². The number of ether oxygens (including phenoxy) is 1. The number of thioether (sulfide) groups is 1. The third-order valence-corrected chi connectivity index (χ3v) is 3.43. The number of carboxylic acid groups (broad SMARTS) is 1. The van der Waals surface area contributed by atoms with Crippen molar-refractivity contribution in [1.29, 1.82) is 0 Å². The standard InChI is InChI=1S/C13H18N2O4S/c14-11(12(16)17)9-20-7-6-15-13(18)19-8-10-4-2-1-3-5-10/h1-5,11H,6-9,14H2,(H,15,18)(H,16,17)/t11-/m0/s1. The van der Waals surface area contributed by atoms with E-state index >= 15 is 0 Å². The summed E-state index contributed by atoms with van der Waals surface area (Å²) >= 11 is 1.37. The molecule has 0 aromatic heterocycles. The molecule has 1 rings (SSSR count). The smallest absolute Gasteiger partial charge is 0.407 e. The zero-order chi connectivity index (χ0) is 14.8. The van der Waals surface area contributed by atoms with Crippen LogP contribution in [0.4, 0.5) is 4.79 Å². The molecule has 7 heteroatoms. The highest BCUT2D eigenvalue weighted by Crippen LogP contribution is 2.02. The van der Waals surface area contributed by atoms with Crippen LogP contribution in [0, 0.1) is 0 Å². The molecule has 0 aliphatic carbocycles. The Morgan fingerprint density at radius 1 is 1.35 bits per heavy atom. The van der Waals surface area contributed by atoms with E-state index in [0.717, 1.165) is 5.56 Å². The number of benzene rings is 1. The van der Waals surface area contributed by atoms with Gasteiger partial charge in [0.15, 0.2) is 0 Å². The molecule has 0 saturated carbocycles. The van der Waals surface area contributed by atoms with E-state index in [4.69, 9.17) is 15.6 Å². The van der Waals surface area contributed by atoms with E-state index in [1.54, 1.807) is 0 Å². The molecule has 1 amide bonds. The molecule has 4 N–H and O–H groups in total. The van der Waals surface area contributed by atoms with E-state index in [-0.39, 0.29) is 6.61 Å². The van der Waals surface area contributed by atoms with Crippen LogP contribution in [0.5, 0.6) is 0 Å². The Balaban J connectivity index is 2.05.